The van der Waals surface area contributed by atoms with Gasteiger partial charge in [-0.05, 0) is 23.1 Å². The number of rotatable bonds is 5. The van der Waals surface area contributed by atoms with Crippen molar-refractivity contribution in [2.45, 2.75) is 20.3 Å². The molecule has 0 bridgehead atoms. The van der Waals surface area contributed by atoms with Gasteiger partial charge in [0.15, 0.2) is 0 Å². The van der Waals surface area contributed by atoms with Crippen LogP contribution in [0.1, 0.15) is 19.4 Å². The molecule has 0 heterocycles. The molecule has 0 saturated heterocycles. The predicted molar refractivity (Wildman–Crippen MR) is 76.4 cm³/mol. The van der Waals surface area contributed by atoms with Crippen molar-refractivity contribution in [3.8, 4) is 0 Å². The molecule has 2 amide bonds. The quantitative estimate of drug-likeness (QED) is 0.751. The highest BCUT2D eigenvalue weighted by atomic mass is 16.4. The first-order chi connectivity index (χ1) is 9.73. The predicted octanol–water partition coefficient (Wildman–Crippen LogP) is 1.01. The first-order valence-corrected chi connectivity index (χ1v) is 6.64. The average molecular weight is 290 g/mol. The summed E-state index contributed by atoms with van der Waals surface area (Å²) in [5, 5.41) is 11.8. The summed E-state index contributed by atoms with van der Waals surface area (Å²) in [6.45, 7) is 3.54. The number of hydrogen-bond donors (Lipinski definition) is 3. The van der Waals surface area contributed by atoms with Gasteiger partial charge >= 0.3 is 5.97 Å². The zero-order chi connectivity index (χ0) is 15.8. The zero-order valence-corrected chi connectivity index (χ0v) is 11.9. The van der Waals surface area contributed by atoms with E-state index in [1.54, 1.807) is 38.1 Å². The molecule has 1 aromatic carbocycles. The summed E-state index contributed by atoms with van der Waals surface area (Å²) in [5.41, 5.74) is 5.90. The van der Waals surface area contributed by atoms with Crippen LogP contribution in [0.2, 0.25) is 0 Å². The highest BCUT2D eigenvalue weighted by Crippen LogP contribution is 2.58. The monoisotopic (exact) mass is 290 g/mol. The Bertz CT molecular complexity index is 592. The molecule has 2 rings (SSSR count). The van der Waals surface area contributed by atoms with Crippen molar-refractivity contribution in [1.29, 1.82) is 0 Å². The zero-order valence-electron chi connectivity index (χ0n) is 11.9. The fourth-order valence-corrected chi connectivity index (χ4v) is 2.72. The van der Waals surface area contributed by atoms with E-state index in [4.69, 9.17) is 10.8 Å². The highest BCUT2D eigenvalue weighted by molar-refractivity contribution is 5.99. The molecule has 1 fully saturated rings. The maximum atomic E-state index is 12.1. The molecular weight excluding hydrogens is 272 g/mol. The lowest BCUT2D eigenvalue weighted by atomic mass is 10.1. The number of nitrogens with one attached hydrogen (secondary N) is 1. The number of carbonyl (C=O) groups excluding carboxylic acids is 2. The van der Waals surface area contributed by atoms with E-state index in [0.29, 0.717) is 5.69 Å². The lowest BCUT2D eigenvalue weighted by Gasteiger charge is -2.07. The number of hydrogen-bond acceptors (Lipinski definition) is 3. The maximum Gasteiger partial charge on any atom is 0.307 e. The second-order valence-corrected chi connectivity index (χ2v) is 5.94. The third kappa shape index (κ3) is 3.04. The SMILES string of the molecule is CC1(C)[C@H](C(=O)O)[C@@H]1C(=O)Nc1ccc(CC(N)=O)cc1. The Kier molecular flexibility index (Phi) is 3.72. The smallest absolute Gasteiger partial charge is 0.307 e. The lowest BCUT2D eigenvalue weighted by molar-refractivity contribution is -0.140. The Morgan fingerprint density at radius 3 is 2.19 bits per heavy atom. The van der Waals surface area contributed by atoms with E-state index in [2.05, 4.69) is 5.32 Å². The minimum absolute atomic E-state index is 0.144. The summed E-state index contributed by atoms with van der Waals surface area (Å²) in [6, 6.07) is 6.74. The third-order valence-electron chi connectivity index (χ3n) is 3.98. The number of aliphatic carboxylic acids is 1. The number of nitrogens with two attached hydrogens (primary N) is 1. The van der Waals surface area contributed by atoms with Crippen LogP contribution in [0.25, 0.3) is 0 Å². The van der Waals surface area contributed by atoms with Crippen molar-refractivity contribution in [1.82, 2.24) is 0 Å². The van der Waals surface area contributed by atoms with E-state index in [1.807, 2.05) is 0 Å². The topological polar surface area (TPSA) is 109 Å². The Labute approximate surface area is 122 Å². The second kappa shape index (κ2) is 5.20. The van der Waals surface area contributed by atoms with Gasteiger partial charge < -0.3 is 16.2 Å². The molecule has 0 spiro atoms. The first kappa shape index (κ1) is 15.0. The van der Waals surface area contributed by atoms with Gasteiger partial charge in [0.05, 0.1) is 18.3 Å². The molecule has 112 valence electrons. The number of benzene rings is 1. The Morgan fingerprint density at radius 2 is 1.76 bits per heavy atom. The minimum Gasteiger partial charge on any atom is -0.481 e. The summed E-state index contributed by atoms with van der Waals surface area (Å²) < 4.78 is 0. The van der Waals surface area contributed by atoms with Gasteiger partial charge in [0, 0.05) is 5.69 Å². The van der Waals surface area contributed by atoms with E-state index >= 15 is 0 Å². The van der Waals surface area contributed by atoms with Gasteiger partial charge in [-0.1, -0.05) is 26.0 Å². The van der Waals surface area contributed by atoms with Crippen LogP contribution >= 0.6 is 0 Å². The summed E-state index contributed by atoms with van der Waals surface area (Å²) in [7, 11) is 0. The van der Waals surface area contributed by atoms with Gasteiger partial charge in [0.2, 0.25) is 11.8 Å². The van der Waals surface area contributed by atoms with Gasteiger partial charge in [-0.3, -0.25) is 14.4 Å². The third-order valence-corrected chi connectivity index (χ3v) is 3.98. The second-order valence-electron chi connectivity index (χ2n) is 5.94. The molecule has 0 aromatic heterocycles. The molecule has 1 aromatic rings. The normalized spacial score (nSPS) is 22.4. The average Bonchev–Trinajstić information content (AvgIpc) is 2.94. The van der Waals surface area contributed by atoms with Crippen LogP contribution in [0.4, 0.5) is 5.69 Å². The lowest BCUT2D eigenvalue weighted by Crippen LogP contribution is -2.18. The van der Waals surface area contributed by atoms with Crippen LogP contribution in [0.3, 0.4) is 0 Å². The van der Waals surface area contributed by atoms with Crippen LogP contribution in [0.15, 0.2) is 24.3 Å². The number of primary amides is 1. The van der Waals surface area contributed by atoms with Crippen molar-refractivity contribution in [2.75, 3.05) is 5.32 Å². The molecule has 2 atom stereocenters. The molecule has 6 heteroatoms. The number of anilines is 1. The van der Waals surface area contributed by atoms with Gasteiger partial charge in [-0.2, -0.15) is 0 Å². The van der Waals surface area contributed by atoms with Crippen molar-refractivity contribution < 1.29 is 19.5 Å². The Morgan fingerprint density at radius 1 is 1.19 bits per heavy atom. The van der Waals surface area contributed by atoms with Gasteiger partial charge in [0.1, 0.15) is 0 Å². The summed E-state index contributed by atoms with van der Waals surface area (Å²) in [6.07, 6.45) is 0.144. The Hall–Kier alpha value is -2.37. The van der Waals surface area contributed by atoms with Crippen LogP contribution in [0.5, 0.6) is 0 Å². The van der Waals surface area contributed by atoms with E-state index in [9.17, 15) is 14.4 Å². The van der Waals surface area contributed by atoms with Gasteiger partial charge in [0.25, 0.3) is 0 Å². The van der Waals surface area contributed by atoms with Gasteiger partial charge in [-0.15, -0.1) is 0 Å². The molecule has 0 unspecified atom stereocenters. The van der Waals surface area contributed by atoms with Crippen molar-refractivity contribution >= 4 is 23.5 Å². The first-order valence-electron chi connectivity index (χ1n) is 6.64. The van der Waals surface area contributed by atoms with Crippen LogP contribution in [-0.2, 0) is 20.8 Å². The molecule has 1 aliphatic carbocycles. The molecule has 0 aliphatic heterocycles. The van der Waals surface area contributed by atoms with Gasteiger partial charge in [-0.25, -0.2) is 0 Å². The van der Waals surface area contributed by atoms with E-state index < -0.39 is 29.1 Å². The number of amides is 2. The van der Waals surface area contributed by atoms with Crippen molar-refractivity contribution in [3.63, 3.8) is 0 Å². The van der Waals surface area contributed by atoms with Crippen molar-refractivity contribution in [3.05, 3.63) is 29.8 Å². The maximum absolute atomic E-state index is 12.1. The summed E-state index contributed by atoms with van der Waals surface area (Å²) in [5.74, 6) is -2.84. The fourth-order valence-electron chi connectivity index (χ4n) is 2.72. The minimum atomic E-state index is -0.947. The standard InChI is InChI=1S/C15H18N2O4/c1-15(2)11(12(15)14(20)21)13(19)17-9-5-3-8(4-6-9)7-10(16)18/h3-6,11-12H,7H2,1-2H3,(H2,16,18)(H,17,19)(H,20,21)/t11-,12+/m1/s1. The highest BCUT2D eigenvalue weighted by Gasteiger charge is 2.65. The Balaban J connectivity index is 2.01. The molecular formula is C15H18N2O4. The molecule has 1 saturated carbocycles. The molecule has 0 radical (unpaired) electrons. The van der Waals surface area contributed by atoms with Crippen LogP contribution in [-0.4, -0.2) is 22.9 Å². The molecule has 1 aliphatic rings. The number of carboxylic acid groups (broad SMARTS) is 1. The molecule has 6 nitrogen and oxygen atoms in total. The van der Waals surface area contributed by atoms with Crippen molar-refractivity contribution in [2.24, 2.45) is 23.0 Å². The van der Waals surface area contributed by atoms with E-state index in [0.717, 1.165) is 5.56 Å². The van der Waals surface area contributed by atoms with Crippen LogP contribution in [0, 0.1) is 17.3 Å². The van der Waals surface area contributed by atoms with E-state index in [-0.39, 0.29) is 12.3 Å². The number of carbonyl (C=O) groups is 3. The fraction of sp³-hybridized carbons (Fsp3) is 0.400. The molecule has 4 N–H and O–H groups in total. The summed E-state index contributed by atoms with van der Waals surface area (Å²) in [4.78, 5) is 34.0. The van der Waals surface area contributed by atoms with Crippen LogP contribution < -0.4 is 11.1 Å². The summed E-state index contributed by atoms with van der Waals surface area (Å²) >= 11 is 0. The molecule has 21 heavy (non-hydrogen) atoms. The number of carboxylic acids is 1. The van der Waals surface area contributed by atoms with E-state index in [1.165, 1.54) is 0 Å². The largest absolute Gasteiger partial charge is 0.481 e.